The Morgan fingerprint density at radius 2 is 1.06 bits per heavy atom. The number of hydrogen-bond acceptors (Lipinski definition) is 19. The first-order valence-electron chi connectivity index (χ1n) is 27.3. The summed E-state index contributed by atoms with van der Waals surface area (Å²) >= 11 is 0.942. The van der Waals surface area contributed by atoms with Crippen LogP contribution in [0.25, 0.3) is 0 Å². The van der Waals surface area contributed by atoms with Crippen molar-refractivity contribution < 1.29 is 82.8 Å². The van der Waals surface area contributed by atoms with Crippen molar-refractivity contribution in [2.24, 2.45) is 5.73 Å². The van der Waals surface area contributed by atoms with Crippen LogP contribution >= 0.6 is 11.8 Å². The standard InChI is InChI=1S/C51H77N15O17S/c52-51(53)56-12-6-10-33-46(79)57-26-38(67)58-36(24-42(71)72)49(82)61-35(23-32-7-2-1-3-8-32)48(81)60-34(47(80)59-33)9-4-5-11-54-40(69)31-84-37-25-41(70)66(50(37)83)14-13-55-39(68)27-62-15-17-63(28-43(73)74)19-21-65(30-45(77)78)22-20-64(18-16-62)29-44(75)76/h1-3,7-8,33-37H,4-6,9-31H2,(H,54,69)(H,55,68)(H,57,79)(H,58,67)(H,59,80)(H,60,81)(H,61,82)(H,71,72)(H,73,74)(H,75,76)(H,77,78)(H4,52,53,56)/t33-,34+,35?,36-,37?/m0/s1. The van der Waals surface area contributed by atoms with E-state index in [0.717, 1.165) is 16.7 Å². The highest BCUT2D eigenvalue weighted by Gasteiger charge is 2.39. The summed E-state index contributed by atoms with van der Waals surface area (Å²) in [6.07, 6.45) is -0.614. The lowest BCUT2D eigenvalue weighted by molar-refractivity contribution is -0.141. The molecule has 9 amide bonds. The van der Waals surface area contributed by atoms with Gasteiger partial charge in [0.15, 0.2) is 5.96 Å². The van der Waals surface area contributed by atoms with Gasteiger partial charge in [-0.2, -0.15) is 0 Å². The first-order chi connectivity index (χ1) is 39.9. The maximum atomic E-state index is 14.1. The molecule has 3 aliphatic rings. The second-order valence-electron chi connectivity index (χ2n) is 20.2. The number of nitrogens with zero attached hydrogens (tertiary/aromatic N) is 5. The maximum absolute atomic E-state index is 14.1. The van der Waals surface area contributed by atoms with Crippen molar-refractivity contribution in [2.45, 2.75) is 80.8 Å². The lowest BCUT2D eigenvalue weighted by atomic mass is 10.0. The number of thioether (sulfide) groups is 1. The van der Waals surface area contributed by atoms with Crippen LogP contribution in [0.1, 0.15) is 50.5 Å². The van der Waals surface area contributed by atoms with Crippen LogP contribution in [0.2, 0.25) is 0 Å². The lowest BCUT2D eigenvalue weighted by Gasteiger charge is -2.32. The van der Waals surface area contributed by atoms with Crippen molar-refractivity contribution in [1.29, 1.82) is 5.41 Å². The summed E-state index contributed by atoms with van der Waals surface area (Å²) in [6, 6.07) is 2.79. The third-order valence-corrected chi connectivity index (χ3v) is 14.7. The molecule has 84 heavy (non-hydrogen) atoms. The fraction of sp³-hybridized carbons (Fsp3) is 0.608. The number of guanidine groups is 1. The average Bonchev–Trinajstić information content (AvgIpc) is 3.97. The predicted molar refractivity (Wildman–Crippen MR) is 298 cm³/mol. The molecule has 0 aliphatic carbocycles. The summed E-state index contributed by atoms with van der Waals surface area (Å²) in [5.41, 5.74) is 5.96. The number of benzene rings is 1. The number of hydrogen-bond donors (Lipinski definition) is 14. The van der Waals surface area contributed by atoms with Crippen molar-refractivity contribution in [3.63, 3.8) is 0 Å². The Kier molecular flexibility index (Phi) is 29.2. The summed E-state index contributed by atoms with van der Waals surface area (Å²) in [4.78, 5) is 175. The van der Waals surface area contributed by atoms with E-state index in [1.807, 2.05) is 0 Å². The van der Waals surface area contributed by atoms with Gasteiger partial charge >= 0.3 is 23.9 Å². The van der Waals surface area contributed by atoms with Gasteiger partial charge in [0.05, 0.1) is 50.1 Å². The number of carboxylic acids is 4. The van der Waals surface area contributed by atoms with Crippen LogP contribution in [0, 0.1) is 5.41 Å². The number of nitrogens with two attached hydrogens (primary N) is 1. The summed E-state index contributed by atoms with van der Waals surface area (Å²) < 4.78 is 0. The number of likely N-dealkylation sites (tertiary alicyclic amines) is 1. The van der Waals surface area contributed by atoms with Crippen LogP contribution in [0.5, 0.6) is 0 Å². The van der Waals surface area contributed by atoms with Crippen LogP contribution in [0.3, 0.4) is 0 Å². The molecule has 0 aromatic heterocycles. The molecule has 464 valence electrons. The minimum atomic E-state index is -1.67. The van der Waals surface area contributed by atoms with Gasteiger partial charge < -0.3 is 68.7 Å². The second-order valence-corrected chi connectivity index (χ2v) is 21.4. The zero-order valence-electron chi connectivity index (χ0n) is 46.5. The Morgan fingerprint density at radius 3 is 1.61 bits per heavy atom. The number of rotatable bonds is 27. The third-order valence-electron chi connectivity index (χ3n) is 13.5. The van der Waals surface area contributed by atoms with Gasteiger partial charge in [-0.05, 0) is 37.7 Å². The molecule has 1 aromatic carbocycles. The molecule has 32 nitrogen and oxygen atoms in total. The Labute approximate surface area is 487 Å². The topological polar surface area (TPSA) is 465 Å². The summed E-state index contributed by atoms with van der Waals surface area (Å²) in [7, 11) is 0. The van der Waals surface area contributed by atoms with Crippen LogP contribution in [0.4, 0.5) is 0 Å². The van der Waals surface area contributed by atoms with Crippen LogP contribution in [-0.4, -0.2) is 274 Å². The fourth-order valence-electron chi connectivity index (χ4n) is 9.16. The van der Waals surface area contributed by atoms with E-state index in [1.165, 1.54) is 0 Å². The maximum Gasteiger partial charge on any atom is 0.317 e. The van der Waals surface area contributed by atoms with Crippen LogP contribution in [0.15, 0.2) is 30.3 Å². The lowest BCUT2D eigenvalue weighted by Crippen LogP contribution is -2.58. The van der Waals surface area contributed by atoms with Gasteiger partial charge in [0, 0.05) is 91.4 Å². The van der Waals surface area contributed by atoms with Gasteiger partial charge in [0.1, 0.15) is 24.2 Å². The van der Waals surface area contributed by atoms with Crippen molar-refractivity contribution in [1.82, 2.24) is 67.0 Å². The van der Waals surface area contributed by atoms with Crippen molar-refractivity contribution in [3.8, 4) is 0 Å². The van der Waals surface area contributed by atoms with Gasteiger partial charge in [0.25, 0.3) is 0 Å². The molecule has 5 atom stereocenters. The van der Waals surface area contributed by atoms with E-state index in [1.54, 1.807) is 49.9 Å². The SMILES string of the molecule is N=C(N)NCCC[C@@H]1NC(=O)[C@@H](CCCCNC(=O)CSC2CC(=O)N(CCNC(=O)CN3CCN(CC(=O)O)CCN(CC(=O)O)CCN(CC(=O)O)CC3)C2=O)NC(=O)C(Cc2ccccc2)NC(=O)[C@H](CC(=O)O)NC(=O)CNC1=O. The molecule has 15 N–H and O–H groups in total. The highest BCUT2D eigenvalue weighted by atomic mass is 32.2. The number of imide groups is 1. The van der Waals surface area contributed by atoms with Crippen LogP contribution in [-0.2, 0) is 68.7 Å². The van der Waals surface area contributed by atoms with Crippen molar-refractivity contribution in [3.05, 3.63) is 35.9 Å². The molecule has 0 spiro atoms. The molecule has 3 aliphatic heterocycles. The zero-order chi connectivity index (χ0) is 61.7. The van der Waals surface area contributed by atoms with E-state index < -0.39 is 119 Å². The number of nitrogens with one attached hydrogen (secondary N) is 9. The van der Waals surface area contributed by atoms with Gasteiger partial charge in [-0.1, -0.05) is 30.3 Å². The van der Waals surface area contributed by atoms with Crippen molar-refractivity contribution in [2.75, 3.05) is 117 Å². The smallest absolute Gasteiger partial charge is 0.317 e. The fourth-order valence-corrected chi connectivity index (χ4v) is 10.1. The largest absolute Gasteiger partial charge is 0.481 e. The first-order valence-corrected chi connectivity index (χ1v) is 28.4. The van der Waals surface area contributed by atoms with E-state index in [-0.39, 0.29) is 161 Å². The highest BCUT2D eigenvalue weighted by Crippen LogP contribution is 2.25. The summed E-state index contributed by atoms with van der Waals surface area (Å²) in [5, 5.41) is 64.9. The number of unbranched alkanes of at least 4 members (excludes halogenated alkanes) is 1. The molecule has 4 rings (SSSR count). The zero-order valence-corrected chi connectivity index (χ0v) is 47.3. The first kappa shape index (κ1) is 68.5. The van der Waals surface area contributed by atoms with Gasteiger partial charge in [0.2, 0.25) is 53.2 Å². The van der Waals surface area contributed by atoms with E-state index >= 15 is 0 Å². The average molecular weight is 1200 g/mol. The number of carboxylic acid groups (broad SMARTS) is 4. The number of carbonyl (C=O) groups excluding carboxylic acids is 9. The van der Waals surface area contributed by atoms with Crippen LogP contribution < -0.4 is 48.3 Å². The predicted octanol–water partition coefficient (Wildman–Crippen LogP) is -6.23. The molecule has 3 fully saturated rings. The van der Waals surface area contributed by atoms with Crippen molar-refractivity contribution >= 4 is 94.8 Å². The molecule has 3 saturated heterocycles. The van der Waals surface area contributed by atoms with E-state index in [9.17, 15) is 82.8 Å². The molecule has 1 aromatic rings. The molecule has 0 saturated carbocycles. The number of aliphatic carboxylic acids is 4. The number of amides is 9. The monoisotopic (exact) mass is 1200 g/mol. The Hall–Kier alpha value is -8.01. The van der Waals surface area contributed by atoms with E-state index in [4.69, 9.17) is 11.1 Å². The van der Waals surface area contributed by atoms with E-state index in [2.05, 4.69) is 42.5 Å². The molecular formula is C51H77N15O17S. The molecule has 2 unspecified atom stereocenters. The molecule has 0 bridgehead atoms. The van der Waals surface area contributed by atoms with Gasteiger partial charge in [-0.25, -0.2) is 0 Å². The molecule has 33 heteroatoms. The normalized spacial score (nSPS) is 21.6. The number of carbonyl (C=O) groups is 13. The molecule has 3 heterocycles. The Bertz CT molecular complexity index is 2480. The Morgan fingerprint density at radius 1 is 0.571 bits per heavy atom. The minimum Gasteiger partial charge on any atom is -0.481 e. The third kappa shape index (κ3) is 26.1. The van der Waals surface area contributed by atoms with Gasteiger partial charge in [-0.3, -0.25) is 92.2 Å². The second kappa shape index (κ2) is 35.9. The minimum absolute atomic E-state index is 0.0266. The summed E-state index contributed by atoms with van der Waals surface area (Å²) in [5.74, 6) is -11.8. The Balaban J connectivity index is 1.32. The molecular weight excluding hydrogens is 1130 g/mol. The molecule has 0 radical (unpaired) electrons. The quantitative estimate of drug-likeness (QED) is 0.0169. The highest BCUT2D eigenvalue weighted by molar-refractivity contribution is 8.01. The summed E-state index contributed by atoms with van der Waals surface area (Å²) in [6.45, 7) is -0.381. The van der Waals surface area contributed by atoms with Gasteiger partial charge in [-0.15, -0.1) is 11.8 Å². The van der Waals surface area contributed by atoms with E-state index in [0.29, 0.717) is 5.56 Å².